The number of nitro benzene ring substituents is 1. The van der Waals surface area contributed by atoms with Gasteiger partial charge < -0.3 is 14.6 Å². The number of carbonyl (C=O) groups is 1. The van der Waals surface area contributed by atoms with E-state index in [1.54, 1.807) is 18.2 Å². The second-order valence-corrected chi connectivity index (χ2v) is 5.76. The summed E-state index contributed by atoms with van der Waals surface area (Å²) in [6, 6.07) is 9.03. The van der Waals surface area contributed by atoms with Crippen LogP contribution in [0.2, 0.25) is 0 Å². The van der Waals surface area contributed by atoms with Gasteiger partial charge in [-0.3, -0.25) is 14.9 Å². The summed E-state index contributed by atoms with van der Waals surface area (Å²) < 4.78 is 11.3. The Bertz CT molecular complexity index is 856. The first-order chi connectivity index (χ1) is 12.4. The Morgan fingerprint density at radius 2 is 2.15 bits per heavy atom. The highest BCUT2D eigenvalue weighted by molar-refractivity contribution is 9.10. The first kappa shape index (κ1) is 19.2. The number of carbonyl (C=O) groups excluding carboxylic acids is 1. The van der Waals surface area contributed by atoms with E-state index in [4.69, 9.17) is 9.47 Å². The molecule has 0 spiro atoms. The molecule has 136 valence electrons. The highest BCUT2D eigenvalue weighted by Crippen LogP contribution is 2.30. The lowest BCUT2D eigenvalue weighted by atomic mass is 10.2. The van der Waals surface area contributed by atoms with Crippen molar-refractivity contribution in [2.24, 2.45) is 5.10 Å². The van der Waals surface area contributed by atoms with E-state index in [9.17, 15) is 20.0 Å². The lowest BCUT2D eigenvalue weighted by Crippen LogP contribution is -2.24. The predicted octanol–water partition coefficient (Wildman–Crippen LogP) is 2.60. The fourth-order valence-corrected chi connectivity index (χ4v) is 2.25. The van der Waals surface area contributed by atoms with Crippen LogP contribution in [0.4, 0.5) is 5.69 Å². The van der Waals surface area contributed by atoms with E-state index in [1.165, 1.54) is 19.2 Å². The largest absolute Gasteiger partial charge is 0.502 e. The molecule has 9 nitrogen and oxygen atoms in total. The number of amides is 1. The van der Waals surface area contributed by atoms with Crippen LogP contribution < -0.4 is 14.9 Å². The first-order valence-electron chi connectivity index (χ1n) is 7.17. The molecular formula is C16H14BrN3O6. The van der Waals surface area contributed by atoms with Crippen molar-refractivity contribution in [2.45, 2.75) is 0 Å². The maximum Gasteiger partial charge on any atom is 0.311 e. The van der Waals surface area contributed by atoms with E-state index in [0.29, 0.717) is 11.5 Å². The van der Waals surface area contributed by atoms with Gasteiger partial charge in [-0.15, -0.1) is 0 Å². The number of halogens is 1. The number of benzene rings is 2. The van der Waals surface area contributed by atoms with Crippen LogP contribution in [-0.4, -0.2) is 35.9 Å². The number of nitrogens with zero attached hydrogens (tertiary/aromatic N) is 2. The van der Waals surface area contributed by atoms with E-state index in [2.05, 4.69) is 26.5 Å². The Labute approximate surface area is 156 Å². The molecule has 2 N–H and O–H groups in total. The zero-order chi connectivity index (χ0) is 19.1. The van der Waals surface area contributed by atoms with Crippen molar-refractivity contribution < 1.29 is 24.3 Å². The van der Waals surface area contributed by atoms with E-state index < -0.39 is 22.3 Å². The number of nitrogens with one attached hydrogen (secondary N) is 1. The summed E-state index contributed by atoms with van der Waals surface area (Å²) in [7, 11) is 1.48. The van der Waals surface area contributed by atoms with Crippen molar-refractivity contribution in [1.82, 2.24) is 5.43 Å². The van der Waals surface area contributed by atoms with Crippen LogP contribution in [0.15, 0.2) is 46.0 Å². The zero-order valence-electron chi connectivity index (χ0n) is 13.5. The Morgan fingerprint density at radius 3 is 2.85 bits per heavy atom. The third-order valence-corrected chi connectivity index (χ3v) is 3.61. The number of hydrazone groups is 1. The highest BCUT2D eigenvalue weighted by atomic mass is 79.9. The average Bonchev–Trinajstić information content (AvgIpc) is 2.61. The molecular weight excluding hydrogens is 410 g/mol. The van der Waals surface area contributed by atoms with Crippen molar-refractivity contribution in [1.29, 1.82) is 0 Å². The molecule has 10 heteroatoms. The molecule has 0 radical (unpaired) electrons. The minimum absolute atomic E-state index is 0.0926. The van der Waals surface area contributed by atoms with Crippen LogP contribution in [0.5, 0.6) is 17.2 Å². The van der Waals surface area contributed by atoms with Gasteiger partial charge in [0.15, 0.2) is 18.1 Å². The quantitative estimate of drug-likeness (QED) is 0.400. The number of aromatic hydroxyl groups is 1. The third-order valence-electron chi connectivity index (χ3n) is 3.12. The number of phenolic OH excluding ortho intramolecular Hbond substituents is 1. The minimum atomic E-state index is -0.718. The molecule has 2 aromatic carbocycles. The average molecular weight is 424 g/mol. The van der Waals surface area contributed by atoms with Crippen LogP contribution in [0.1, 0.15) is 5.56 Å². The summed E-state index contributed by atoms with van der Waals surface area (Å²) in [5, 5.41) is 24.2. The molecule has 1 amide bonds. The van der Waals surface area contributed by atoms with Gasteiger partial charge in [0, 0.05) is 16.1 Å². The standard InChI is InChI=1S/C16H14BrN3O6/c1-25-14-7-11(17)5-6-13(14)26-9-15(21)19-18-8-10-3-2-4-12(16(10)22)20(23)24/h2-8,22H,9H2,1H3,(H,19,21). The van der Waals surface area contributed by atoms with E-state index >= 15 is 0 Å². The molecule has 0 fully saturated rings. The Hall–Kier alpha value is -3.14. The molecule has 26 heavy (non-hydrogen) atoms. The number of hydrogen-bond acceptors (Lipinski definition) is 7. The molecule has 0 saturated heterocycles. The molecule has 0 saturated carbocycles. The van der Waals surface area contributed by atoms with Gasteiger partial charge >= 0.3 is 5.69 Å². The topological polar surface area (TPSA) is 123 Å². The van der Waals surface area contributed by atoms with Gasteiger partial charge in [0.25, 0.3) is 5.91 Å². The molecule has 0 aliphatic rings. The minimum Gasteiger partial charge on any atom is -0.502 e. The maximum atomic E-state index is 11.8. The molecule has 0 heterocycles. The SMILES string of the molecule is COc1cc(Br)ccc1OCC(=O)NN=Cc1cccc([N+](=O)[O-])c1O. The molecule has 0 aromatic heterocycles. The Morgan fingerprint density at radius 1 is 1.38 bits per heavy atom. The van der Waals surface area contributed by atoms with Crippen LogP contribution in [-0.2, 0) is 4.79 Å². The van der Waals surface area contributed by atoms with Gasteiger partial charge in [0.2, 0.25) is 5.75 Å². The first-order valence-corrected chi connectivity index (χ1v) is 7.96. The molecule has 0 aliphatic heterocycles. The molecule has 2 aromatic rings. The van der Waals surface area contributed by atoms with Crippen LogP contribution >= 0.6 is 15.9 Å². The van der Waals surface area contributed by atoms with Crippen molar-refractivity contribution >= 4 is 33.7 Å². The lowest BCUT2D eigenvalue weighted by molar-refractivity contribution is -0.385. The summed E-state index contributed by atoms with van der Waals surface area (Å²) in [4.78, 5) is 21.8. The second-order valence-electron chi connectivity index (χ2n) is 4.85. The van der Waals surface area contributed by atoms with Gasteiger partial charge in [0.05, 0.1) is 18.2 Å². The summed E-state index contributed by atoms with van der Waals surface area (Å²) in [5.74, 6) is -0.258. The molecule has 2 rings (SSSR count). The number of rotatable bonds is 7. The van der Waals surface area contributed by atoms with E-state index in [-0.39, 0.29) is 12.2 Å². The summed E-state index contributed by atoms with van der Waals surface area (Å²) >= 11 is 3.30. The van der Waals surface area contributed by atoms with E-state index in [1.807, 2.05) is 0 Å². The predicted molar refractivity (Wildman–Crippen MR) is 96.7 cm³/mol. The number of phenols is 1. The fourth-order valence-electron chi connectivity index (χ4n) is 1.91. The van der Waals surface area contributed by atoms with Crippen molar-refractivity contribution in [3.63, 3.8) is 0 Å². The number of para-hydroxylation sites is 1. The van der Waals surface area contributed by atoms with Crippen molar-refractivity contribution in [2.75, 3.05) is 13.7 Å². The monoisotopic (exact) mass is 423 g/mol. The van der Waals surface area contributed by atoms with E-state index in [0.717, 1.165) is 16.8 Å². The fraction of sp³-hybridized carbons (Fsp3) is 0.125. The number of nitro groups is 1. The van der Waals surface area contributed by atoms with Gasteiger partial charge in [-0.25, -0.2) is 5.43 Å². The summed E-state index contributed by atoms with van der Waals surface area (Å²) in [5.41, 5.74) is 1.84. The Balaban J connectivity index is 1.94. The van der Waals surface area contributed by atoms with Gasteiger partial charge in [-0.2, -0.15) is 5.10 Å². The van der Waals surface area contributed by atoms with Crippen molar-refractivity contribution in [3.8, 4) is 17.2 Å². The number of hydrogen-bond donors (Lipinski definition) is 2. The molecule has 0 aliphatic carbocycles. The highest BCUT2D eigenvalue weighted by Gasteiger charge is 2.15. The lowest BCUT2D eigenvalue weighted by Gasteiger charge is -2.10. The Kier molecular flexibility index (Phi) is 6.50. The van der Waals surface area contributed by atoms with Gasteiger partial charge in [0.1, 0.15) is 0 Å². The van der Waals surface area contributed by atoms with Gasteiger partial charge in [-0.05, 0) is 24.3 Å². The number of ether oxygens (including phenoxy) is 2. The summed E-state index contributed by atoms with van der Waals surface area (Å²) in [6.45, 7) is -0.323. The number of methoxy groups -OCH3 is 1. The van der Waals surface area contributed by atoms with Gasteiger partial charge in [-0.1, -0.05) is 22.0 Å². The normalized spacial score (nSPS) is 10.5. The zero-order valence-corrected chi connectivity index (χ0v) is 15.1. The van der Waals surface area contributed by atoms with Crippen LogP contribution in [0.3, 0.4) is 0 Å². The summed E-state index contributed by atoms with van der Waals surface area (Å²) in [6.07, 6.45) is 1.10. The molecule has 0 unspecified atom stereocenters. The smallest absolute Gasteiger partial charge is 0.311 e. The maximum absolute atomic E-state index is 11.8. The van der Waals surface area contributed by atoms with Crippen LogP contribution in [0.25, 0.3) is 0 Å². The van der Waals surface area contributed by atoms with Crippen molar-refractivity contribution in [3.05, 3.63) is 56.5 Å². The molecule has 0 bridgehead atoms. The third kappa shape index (κ3) is 4.93. The second kappa shape index (κ2) is 8.81. The van der Waals surface area contributed by atoms with Crippen LogP contribution in [0, 0.1) is 10.1 Å². The molecule has 0 atom stereocenters.